The maximum atomic E-state index is 3.32. The van der Waals surface area contributed by atoms with Crippen molar-refractivity contribution in [1.82, 2.24) is 10.2 Å². The first-order chi connectivity index (χ1) is 8.59. The SMILES string of the molecule is CC.CC.CC1CN(C)C[C@@H]1C.C[C@H]1CCCN1. The highest BCUT2D eigenvalue weighted by atomic mass is 15.1. The van der Waals surface area contributed by atoms with Gasteiger partial charge in [-0.2, -0.15) is 0 Å². The van der Waals surface area contributed by atoms with Crippen LogP contribution in [0, 0.1) is 11.8 Å². The monoisotopic (exact) mass is 258 g/mol. The summed E-state index contributed by atoms with van der Waals surface area (Å²) in [6.45, 7) is 18.7. The van der Waals surface area contributed by atoms with E-state index in [0.717, 1.165) is 17.9 Å². The molecule has 0 saturated carbocycles. The molecule has 2 saturated heterocycles. The zero-order chi connectivity index (χ0) is 14.6. The van der Waals surface area contributed by atoms with Crippen molar-refractivity contribution < 1.29 is 0 Å². The Hall–Kier alpha value is -0.0800. The van der Waals surface area contributed by atoms with Crippen LogP contribution < -0.4 is 5.32 Å². The van der Waals surface area contributed by atoms with Gasteiger partial charge in [0.25, 0.3) is 0 Å². The van der Waals surface area contributed by atoms with E-state index in [0.29, 0.717) is 0 Å². The van der Waals surface area contributed by atoms with Crippen LogP contribution in [0.4, 0.5) is 0 Å². The molecule has 2 rings (SSSR count). The van der Waals surface area contributed by atoms with Gasteiger partial charge in [-0.25, -0.2) is 0 Å². The van der Waals surface area contributed by atoms with E-state index in [1.54, 1.807) is 0 Å². The van der Waals surface area contributed by atoms with Crippen molar-refractivity contribution >= 4 is 0 Å². The summed E-state index contributed by atoms with van der Waals surface area (Å²) in [6, 6.07) is 0.796. The lowest BCUT2D eigenvalue weighted by molar-refractivity contribution is 0.398. The predicted octanol–water partition coefficient (Wildman–Crippen LogP) is 4.01. The molecule has 2 heterocycles. The molecule has 2 fully saturated rings. The Bertz CT molecular complexity index is 143. The van der Waals surface area contributed by atoms with Crippen LogP contribution in [0.5, 0.6) is 0 Å². The van der Waals surface area contributed by atoms with E-state index in [9.17, 15) is 0 Å². The molecule has 2 aliphatic rings. The van der Waals surface area contributed by atoms with E-state index in [4.69, 9.17) is 0 Å². The van der Waals surface area contributed by atoms with E-state index in [1.807, 2.05) is 27.7 Å². The van der Waals surface area contributed by atoms with Gasteiger partial charge in [-0.15, -0.1) is 0 Å². The molecule has 3 atom stereocenters. The number of nitrogens with zero attached hydrogens (tertiary/aromatic N) is 1. The third kappa shape index (κ3) is 9.90. The highest BCUT2D eigenvalue weighted by molar-refractivity contribution is 4.75. The molecular weight excluding hydrogens is 220 g/mol. The van der Waals surface area contributed by atoms with Crippen molar-refractivity contribution in [3.63, 3.8) is 0 Å². The maximum Gasteiger partial charge on any atom is 0.00391 e. The van der Waals surface area contributed by atoms with Crippen molar-refractivity contribution in [2.24, 2.45) is 11.8 Å². The fourth-order valence-electron chi connectivity index (χ4n) is 2.28. The maximum absolute atomic E-state index is 3.32. The van der Waals surface area contributed by atoms with Crippen LogP contribution in [-0.4, -0.2) is 37.6 Å². The van der Waals surface area contributed by atoms with Gasteiger partial charge in [-0.1, -0.05) is 41.5 Å². The zero-order valence-corrected chi connectivity index (χ0v) is 14.2. The summed E-state index contributed by atoms with van der Waals surface area (Å²) in [5, 5.41) is 3.32. The summed E-state index contributed by atoms with van der Waals surface area (Å²) in [7, 11) is 2.19. The van der Waals surface area contributed by atoms with Crippen LogP contribution in [0.3, 0.4) is 0 Å². The van der Waals surface area contributed by atoms with Crippen molar-refractivity contribution in [2.45, 2.75) is 67.3 Å². The van der Waals surface area contributed by atoms with Crippen LogP contribution in [0.25, 0.3) is 0 Å². The molecule has 1 N–H and O–H groups in total. The number of nitrogens with one attached hydrogen (secondary N) is 1. The molecule has 0 radical (unpaired) electrons. The molecule has 0 aromatic rings. The Kier molecular flexibility index (Phi) is 15.0. The number of hydrogen-bond acceptors (Lipinski definition) is 2. The lowest BCUT2D eigenvalue weighted by Gasteiger charge is -2.03. The Morgan fingerprint density at radius 3 is 1.44 bits per heavy atom. The molecule has 1 unspecified atom stereocenters. The minimum Gasteiger partial charge on any atom is -0.314 e. The van der Waals surface area contributed by atoms with E-state index in [-0.39, 0.29) is 0 Å². The van der Waals surface area contributed by atoms with Gasteiger partial charge in [-0.3, -0.25) is 0 Å². The predicted molar refractivity (Wildman–Crippen MR) is 85.2 cm³/mol. The lowest BCUT2D eigenvalue weighted by atomic mass is 10.0. The Labute approximate surface area is 117 Å². The van der Waals surface area contributed by atoms with Gasteiger partial charge < -0.3 is 10.2 Å². The first-order valence-corrected chi connectivity index (χ1v) is 8.01. The van der Waals surface area contributed by atoms with E-state index >= 15 is 0 Å². The third-order valence-corrected chi connectivity index (χ3v) is 3.48. The Balaban J connectivity index is 0. The van der Waals surface area contributed by atoms with Gasteiger partial charge in [0.05, 0.1) is 0 Å². The first kappa shape index (κ1) is 20.2. The topological polar surface area (TPSA) is 15.3 Å². The Morgan fingerprint density at radius 1 is 0.889 bits per heavy atom. The molecule has 0 amide bonds. The fourth-order valence-corrected chi connectivity index (χ4v) is 2.28. The van der Waals surface area contributed by atoms with Gasteiger partial charge in [0.15, 0.2) is 0 Å². The van der Waals surface area contributed by atoms with Crippen molar-refractivity contribution in [1.29, 1.82) is 0 Å². The molecule has 0 bridgehead atoms. The van der Waals surface area contributed by atoms with Gasteiger partial charge in [0.2, 0.25) is 0 Å². The van der Waals surface area contributed by atoms with Crippen molar-refractivity contribution in [3.05, 3.63) is 0 Å². The van der Waals surface area contributed by atoms with Gasteiger partial charge in [-0.05, 0) is 45.2 Å². The summed E-state index contributed by atoms with van der Waals surface area (Å²) in [6.07, 6.45) is 2.75. The van der Waals surface area contributed by atoms with Crippen molar-refractivity contribution in [2.75, 3.05) is 26.7 Å². The normalized spacial score (nSPS) is 30.3. The van der Waals surface area contributed by atoms with Crippen LogP contribution in [-0.2, 0) is 0 Å². The highest BCUT2D eigenvalue weighted by Crippen LogP contribution is 2.19. The van der Waals surface area contributed by atoms with Gasteiger partial charge in [0.1, 0.15) is 0 Å². The summed E-state index contributed by atoms with van der Waals surface area (Å²) in [4.78, 5) is 2.40. The number of rotatable bonds is 0. The molecule has 2 aliphatic heterocycles. The fraction of sp³-hybridized carbons (Fsp3) is 1.00. The Morgan fingerprint density at radius 2 is 1.33 bits per heavy atom. The minimum absolute atomic E-state index is 0.796. The van der Waals surface area contributed by atoms with E-state index in [2.05, 4.69) is 38.0 Å². The highest BCUT2D eigenvalue weighted by Gasteiger charge is 2.22. The van der Waals surface area contributed by atoms with E-state index in [1.165, 1.54) is 32.5 Å². The molecule has 0 aromatic heterocycles. The molecule has 0 aliphatic carbocycles. The lowest BCUT2D eigenvalue weighted by Crippen LogP contribution is -2.16. The molecule has 0 aromatic carbocycles. The van der Waals surface area contributed by atoms with Crippen molar-refractivity contribution in [3.8, 4) is 0 Å². The van der Waals surface area contributed by atoms with Crippen LogP contribution in [0.15, 0.2) is 0 Å². The van der Waals surface area contributed by atoms with Crippen LogP contribution >= 0.6 is 0 Å². The largest absolute Gasteiger partial charge is 0.314 e. The minimum atomic E-state index is 0.796. The van der Waals surface area contributed by atoms with Gasteiger partial charge >= 0.3 is 0 Å². The quantitative estimate of drug-likeness (QED) is 0.706. The van der Waals surface area contributed by atoms with E-state index < -0.39 is 0 Å². The molecule has 2 nitrogen and oxygen atoms in total. The molecule has 0 spiro atoms. The summed E-state index contributed by atoms with van der Waals surface area (Å²) < 4.78 is 0. The molecule has 2 heteroatoms. The number of likely N-dealkylation sites (tertiary alicyclic amines) is 1. The second-order valence-corrected chi connectivity index (χ2v) is 5.17. The second kappa shape index (κ2) is 13.4. The second-order valence-electron chi connectivity index (χ2n) is 5.17. The molecular formula is C16H38N2. The van der Waals surface area contributed by atoms with Crippen LogP contribution in [0.2, 0.25) is 0 Å². The molecule has 18 heavy (non-hydrogen) atoms. The standard InChI is InChI=1S/C7H15N.C5H11N.2C2H6/c1-6-4-8(3)5-7(6)2;1-5-3-2-4-6-5;2*1-2/h6-7H,4-5H2,1-3H3;5-6H,2-4H2,1H3;2*1-2H3/t6-,7?;5-;;/m00../s1. The third-order valence-electron chi connectivity index (χ3n) is 3.48. The average molecular weight is 258 g/mol. The van der Waals surface area contributed by atoms with Gasteiger partial charge in [0, 0.05) is 19.1 Å². The summed E-state index contributed by atoms with van der Waals surface area (Å²) >= 11 is 0. The zero-order valence-electron chi connectivity index (χ0n) is 14.2. The summed E-state index contributed by atoms with van der Waals surface area (Å²) in [5.41, 5.74) is 0. The average Bonchev–Trinajstić information content (AvgIpc) is 2.95. The number of hydrogen-bond donors (Lipinski definition) is 1. The summed E-state index contributed by atoms with van der Waals surface area (Å²) in [5.74, 6) is 1.83. The molecule has 112 valence electrons. The van der Waals surface area contributed by atoms with Crippen LogP contribution in [0.1, 0.15) is 61.3 Å². The first-order valence-electron chi connectivity index (χ1n) is 8.01. The smallest absolute Gasteiger partial charge is 0.00391 e.